The highest BCUT2D eigenvalue weighted by atomic mass is 16.4. The number of rotatable bonds is 1. The molecule has 0 radical (unpaired) electrons. The van der Waals surface area contributed by atoms with Crippen LogP contribution in [0, 0.1) is 12.3 Å². The van der Waals surface area contributed by atoms with Gasteiger partial charge in [-0.25, -0.2) is 4.79 Å². The molecule has 0 aromatic carbocycles. The topological polar surface area (TPSA) is 66.0 Å². The molecule has 1 heterocycles. The van der Waals surface area contributed by atoms with E-state index in [2.05, 4.69) is 16.1 Å². The number of hydrogen-bond acceptors (Lipinski definition) is 2. The predicted molar refractivity (Wildman–Crippen MR) is 33.5 cm³/mol. The Labute approximate surface area is 56.9 Å². The predicted octanol–water partition coefficient (Wildman–Crippen LogP) is 0.0892. The largest absolute Gasteiger partial charge is 0.476 e. The molecule has 2 N–H and O–H groups in total. The van der Waals surface area contributed by atoms with Crippen molar-refractivity contribution in [3.8, 4) is 12.3 Å². The lowest BCUT2D eigenvalue weighted by atomic mass is 10.3. The van der Waals surface area contributed by atoms with E-state index in [0.717, 1.165) is 0 Å². The molecule has 0 fully saturated rings. The fourth-order valence-electron chi connectivity index (χ4n) is 0.559. The van der Waals surface area contributed by atoms with Crippen LogP contribution in [0.3, 0.4) is 0 Å². The summed E-state index contributed by atoms with van der Waals surface area (Å²) < 4.78 is 0. The molecule has 0 bridgehead atoms. The van der Waals surface area contributed by atoms with Crippen molar-refractivity contribution in [2.45, 2.75) is 0 Å². The van der Waals surface area contributed by atoms with E-state index in [1.165, 1.54) is 6.20 Å². The Morgan fingerprint density at radius 2 is 2.60 bits per heavy atom. The molecule has 50 valence electrons. The lowest BCUT2D eigenvalue weighted by Gasteiger charge is -1.85. The fourth-order valence-corrected chi connectivity index (χ4v) is 0.559. The Morgan fingerprint density at radius 1 is 1.90 bits per heavy atom. The lowest BCUT2D eigenvalue weighted by molar-refractivity contribution is 0.0690. The van der Waals surface area contributed by atoms with Gasteiger partial charge in [0.2, 0.25) is 0 Å². The van der Waals surface area contributed by atoms with Crippen LogP contribution in [0.1, 0.15) is 16.1 Å². The van der Waals surface area contributed by atoms with Crippen molar-refractivity contribution in [3.63, 3.8) is 0 Å². The van der Waals surface area contributed by atoms with Crippen LogP contribution in [0.4, 0.5) is 0 Å². The Balaban J connectivity index is 3.17. The number of terminal acetylenes is 1. The number of nitrogens with zero attached hydrogens (tertiary/aromatic N) is 1. The van der Waals surface area contributed by atoms with Crippen LogP contribution < -0.4 is 0 Å². The molecule has 0 aliphatic rings. The van der Waals surface area contributed by atoms with Gasteiger partial charge in [0.25, 0.3) is 0 Å². The number of carboxylic acids is 1. The molecule has 0 atom stereocenters. The summed E-state index contributed by atoms with van der Waals surface area (Å²) in [6.07, 6.45) is 6.25. The van der Waals surface area contributed by atoms with Gasteiger partial charge >= 0.3 is 5.97 Å². The standard InChI is InChI=1S/C6H4N2O2/c1-2-4-3-7-8-5(4)6(9)10/h1,3H,(H,7,8)(H,9,10). The van der Waals surface area contributed by atoms with Crippen LogP contribution in [0.25, 0.3) is 0 Å². The summed E-state index contributed by atoms with van der Waals surface area (Å²) in [6.45, 7) is 0. The number of aromatic nitrogens is 2. The maximum absolute atomic E-state index is 10.3. The molecule has 0 amide bonds. The first-order valence-electron chi connectivity index (χ1n) is 2.49. The van der Waals surface area contributed by atoms with E-state index >= 15 is 0 Å². The monoisotopic (exact) mass is 136 g/mol. The fraction of sp³-hybridized carbons (Fsp3) is 0. The first-order chi connectivity index (χ1) is 4.75. The average molecular weight is 136 g/mol. The molecule has 0 aliphatic heterocycles. The molecule has 1 rings (SSSR count). The zero-order valence-electron chi connectivity index (χ0n) is 4.96. The Morgan fingerprint density at radius 3 is 3.00 bits per heavy atom. The summed E-state index contributed by atoms with van der Waals surface area (Å²) >= 11 is 0. The molecule has 1 aromatic rings. The molecule has 0 aliphatic carbocycles. The lowest BCUT2D eigenvalue weighted by Crippen LogP contribution is -1.98. The van der Waals surface area contributed by atoms with Gasteiger partial charge < -0.3 is 5.11 Å². The smallest absolute Gasteiger partial charge is 0.355 e. The molecule has 4 nitrogen and oxygen atoms in total. The van der Waals surface area contributed by atoms with Gasteiger partial charge in [0.15, 0.2) is 5.69 Å². The minimum Gasteiger partial charge on any atom is -0.476 e. The molecule has 1 aromatic heterocycles. The number of carbonyl (C=O) groups is 1. The van der Waals surface area contributed by atoms with Gasteiger partial charge in [-0.15, -0.1) is 6.42 Å². The second-order valence-electron chi connectivity index (χ2n) is 1.61. The normalized spacial score (nSPS) is 8.70. The second-order valence-corrected chi connectivity index (χ2v) is 1.61. The van der Waals surface area contributed by atoms with Crippen molar-refractivity contribution < 1.29 is 9.90 Å². The van der Waals surface area contributed by atoms with Gasteiger partial charge in [0.05, 0.1) is 11.8 Å². The zero-order valence-corrected chi connectivity index (χ0v) is 4.96. The second kappa shape index (κ2) is 2.23. The van der Waals surface area contributed by atoms with E-state index in [4.69, 9.17) is 11.5 Å². The van der Waals surface area contributed by atoms with Crippen LogP contribution in [0.5, 0.6) is 0 Å². The van der Waals surface area contributed by atoms with Gasteiger partial charge in [0.1, 0.15) is 0 Å². The number of nitrogens with one attached hydrogen (secondary N) is 1. The van der Waals surface area contributed by atoms with Crippen LogP contribution >= 0.6 is 0 Å². The highest BCUT2D eigenvalue weighted by molar-refractivity contribution is 5.88. The molecular weight excluding hydrogens is 132 g/mol. The maximum atomic E-state index is 10.3. The first-order valence-corrected chi connectivity index (χ1v) is 2.49. The summed E-state index contributed by atoms with van der Waals surface area (Å²) in [5.74, 6) is 1.09. The van der Waals surface area contributed by atoms with E-state index in [-0.39, 0.29) is 11.3 Å². The van der Waals surface area contributed by atoms with E-state index in [1.807, 2.05) is 0 Å². The van der Waals surface area contributed by atoms with Gasteiger partial charge in [-0.3, -0.25) is 5.10 Å². The van der Waals surface area contributed by atoms with Gasteiger partial charge in [-0.05, 0) is 0 Å². The molecule has 10 heavy (non-hydrogen) atoms. The molecule has 0 saturated carbocycles. The summed E-state index contributed by atoms with van der Waals surface area (Å²) in [5.41, 5.74) is 0.231. The number of H-pyrrole nitrogens is 1. The number of carboxylic acid groups (broad SMARTS) is 1. The van der Waals surface area contributed by atoms with E-state index in [0.29, 0.717) is 0 Å². The van der Waals surface area contributed by atoms with Crippen molar-refractivity contribution in [1.82, 2.24) is 10.2 Å². The molecule has 4 heteroatoms. The number of hydrogen-bond donors (Lipinski definition) is 2. The van der Waals surface area contributed by atoms with Crippen molar-refractivity contribution in [1.29, 1.82) is 0 Å². The number of aromatic carboxylic acids is 1. The SMILES string of the molecule is C#Cc1cn[nH]c1C(=O)O. The Bertz CT molecular complexity index is 295. The summed E-state index contributed by atoms with van der Waals surface area (Å²) in [5, 5.41) is 14.1. The quantitative estimate of drug-likeness (QED) is 0.537. The number of aromatic amines is 1. The highest BCUT2D eigenvalue weighted by Gasteiger charge is 2.08. The highest BCUT2D eigenvalue weighted by Crippen LogP contribution is 2.00. The van der Waals surface area contributed by atoms with E-state index in [9.17, 15) is 4.79 Å². The van der Waals surface area contributed by atoms with Crippen molar-refractivity contribution in [3.05, 3.63) is 17.5 Å². The van der Waals surface area contributed by atoms with Gasteiger partial charge in [0, 0.05) is 0 Å². The minimum absolute atomic E-state index is 0.0394. The van der Waals surface area contributed by atoms with Gasteiger partial charge in [-0.2, -0.15) is 5.10 Å². The third-order valence-corrected chi connectivity index (χ3v) is 1.01. The summed E-state index contributed by atoms with van der Waals surface area (Å²) in [4.78, 5) is 10.3. The first kappa shape index (κ1) is 6.36. The summed E-state index contributed by atoms with van der Waals surface area (Å²) in [7, 11) is 0. The van der Waals surface area contributed by atoms with Crippen molar-refractivity contribution >= 4 is 5.97 Å². The molecular formula is C6H4N2O2. The van der Waals surface area contributed by atoms with Crippen LogP contribution in [-0.2, 0) is 0 Å². The molecule has 0 saturated heterocycles. The van der Waals surface area contributed by atoms with Crippen molar-refractivity contribution in [2.75, 3.05) is 0 Å². The van der Waals surface area contributed by atoms with Crippen LogP contribution in [0.15, 0.2) is 6.20 Å². The minimum atomic E-state index is -1.09. The van der Waals surface area contributed by atoms with Crippen LogP contribution in [0.2, 0.25) is 0 Å². The van der Waals surface area contributed by atoms with E-state index < -0.39 is 5.97 Å². The Kier molecular flexibility index (Phi) is 1.42. The third kappa shape index (κ3) is 0.845. The van der Waals surface area contributed by atoms with E-state index in [1.54, 1.807) is 0 Å². The maximum Gasteiger partial charge on any atom is 0.355 e. The average Bonchev–Trinajstić information content (AvgIpc) is 2.33. The third-order valence-electron chi connectivity index (χ3n) is 1.01. The zero-order chi connectivity index (χ0) is 7.56. The van der Waals surface area contributed by atoms with Crippen LogP contribution in [-0.4, -0.2) is 21.3 Å². The molecule has 0 spiro atoms. The summed E-state index contributed by atoms with van der Waals surface area (Å²) in [6, 6.07) is 0. The van der Waals surface area contributed by atoms with Gasteiger partial charge in [-0.1, -0.05) is 5.92 Å². The molecule has 0 unspecified atom stereocenters. The van der Waals surface area contributed by atoms with Crippen molar-refractivity contribution in [2.24, 2.45) is 0 Å². The Hall–Kier alpha value is -1.76.